The maximum Gasteiger partial charge on any atom is 0.134 e. The highest BCUT2D eigenvalue weighted by atomic mass is 32.2. The van der Waals surface area contributed by atoms with E-state index in [9.17, 15) is 0 Å². The van der Waals surface area contributed by atoms with E-state index in [1.165, 1.54) is 10.5 Å². The monoisotopic (exact) mass is 208 g/mol. The Kier molecular flexibility index (Phi) is 2.14. The van der Waals surface area contributed by atoms with Gasteiger partial charge in [-0.25, -0.2) is 4.99 Å². The van der Waals surface area contributed by atoms with Gasteiger partial charge in [0.15, 0.2) is 0 Å². The van der Waals surface area contributed by atoms with Crippen molar-refractivity contribution in [3.05, 3.63) is 10.9 Å². The van der Waals surface area contributed by atoms with E-state index in [4.69, 9.17) is 5.26 Å². The quantitative estimate of drug-likeness (QED) is 0.656. The average molecular weight is 208 g/mol. The van der Waals surface area contributed by atoms with Crippen molar-refractivity contribution in [3.8, 4) is 6.07 Å². The van der Waals surface area contributed by atoms with E-state index in [-0.39, 0.29) is 5.25 Å². The van der Waals surface area contributed by atoms with Gasteiger partial charge in [-0.3, -0.25) is 0 Å². The van der Waals surface area contributed by atoms with Crippen molar-refractivity contribution in [2.75, 3.05) is 0 Å². The molecule has 0 saturated heterocycles. The van der Waals surface area contributed by atoms with Gasteiger partial charge in [0.2, 0.25) is 0 Å². The molecule has 0 aliphatic carbocycles. The van der Waals surface area contributed by atoms with Crippen molar-refractivity contribution in [2.24, 2.45) is 4.99 Å². The number of fused-ring (bicyclic) bond motifs is 1. The minimum Gasteiger partial charge on any atom is -0.244 e. The SMILES string of the molecule is CC1=Nc2scc(C)c2SC1C#N. The zero-order valence-corrected chi connectivity index (χ0v) is 9.00. The minimum atomic E-state index is -0.0965. The van der Waals surface area contributed by atoms with Crippen LogP contribution in [0.2, 0.25) is 0 Å². The van der Waals surface area contributed by atoms with Gasteiger partial charge in [-0.15, -0.1) is 11.3 Å². The summed E-state index contributed by atoms with van der Waals surface area (Å²) in [6.07, 6.45) is 0. The summed E-state index contributed by atoms with van der Waals surface area (Å²) in [5, 5.41) is 11.9. The second-order valence-corrected chi connectivity index (χ2v) is 4.91. The first-order chi connectivity index (χ1) is 6.22. The summed E-state index contributed by atoms with van der Waals surface area (Å²) in [6.45, 7) is 3.98. The molecule has 1 aliphatic rings. The lowest BCUT2D eigenvalue weighted by atomic mass is 10.3. The lowest BCUT2D eigenvalue weighted by molar-refractivity contribution is 1.28. The van der Waals surface area contributed by atoms with E-state index in [1.54, 1.807) is 23.1 Å². The molecule has 0 N–H and O–H groups in total. The third kappa shape index (κ3) is 1.38. The van der Waals surface area contributed by atoms with Crippen LogP contribution in [0.5, 0.6) is 0 Å². The molecule has 13 heavy (non-hydrogen) atoms. The van der Waals surface area contributed by atoms with Crippen LogP contribution in [-0.4, -0.2) is 11.0 Å². The van der Waals surface area contributed by atoms with Crippen molar-refractivity contribution in [3.63, 3.8) is 0 Å². The van der Waals surface area contributed by atoms with E-state index >= 15 is 0 Å². The molecule has 2 heterocycles. The van der Waals surface area contributed by atoms with Gasteiger partial charge in [0.05, 0.1) is 6.07 Å². The van der Waals surface area contributed by atoms with Gasteiger partial charge in [-0.1, -0.05) is 11.8 Å². The summed E-state index contributed by atoms with van der Waals surface area (Å²) in [5.41, 5.74) is 2.16. The molecule has 1 unspecified atom stereocenters. The predicted octanol–water partition coefficient (Wildman–Crippen LogP) is 3.15. The smallest absolute Gasteiger partial charge is 0.134 e. The minimum absolute atomic E-state index is 0.0965. The van der Waals surface area contributed by atoms with Gasteiger partial charge < -0.3 is 0 Å². The molecule has 66 valence electrons. The highest BCUT2D eigenvalue weighted by Crippen LogP contribution is 2.44. The number of aryl methyl sites for hydroxylation is 1. The molecule has 0 fully saturated rings. The Balaban J connectivity index is 2.50. The van der Waals surface area contributed by atoms with Crippen LogP contribution in [0.1, 0.15) is 12.5 Å². The molecule has 2 nitrogen and oxygen atoms in total. The molecule has 1 aliphatic heterocycles. The van der Waals surface area contributed by atoms with E-state index < -0.39 is 0 Å². The highest BCUT2D eigenvalue weighted by Gasteiger charge is 2.22. The normalized spacial score (nSPS) is 20.4. The number of rotatable bonds is 0. The number of thioether (sulfide) groups is 1. The fourth-order valence-electron chi connectivity index (χ4n) is 1.18. The Bertz CT molecular complexity index is 412. The third-order valence-corrected chi connectivity index (χ3v) is 4.46. The molecule has 1 atom stereocenters. The fraction of sp³-hybridized carbons (Fsp3) is 0.333. The molecule has 0 aromatic carbocycles. The largest absolute Gasteiger partial charge is 0.244 e. The molecular formula is C9H8N2S2. The van der Waals surface area contributed by atoms with Crippen LogP contribution in [0.3, 0.4) is 0 Å². The van der Waals surface area contributed by atoms with Crippen molar-refractivity contribution in [2.45, 2.75) is 24.0 Å². The topological polar surface area (TPSA) is 36.1 Å². The Morgan fingerprint density at radius 3 is 3.00 bits per heavy atom. The van der Waals surface area contributed by atoms with Crippen LogP contribution >= 0.6 is 23.1 Å². The van der Waals surface area contributed by atoms with E-state index in [2.05, 4.69) is 23.4 Å². The van der Waals surface area contributed by atoms with Gasteiger partial charge in [-0.2, -0.15) is 5.26 Å². The molecular weight excluding hydrogens is 200 g/mol. The fourth-order valence-corrected chi connectivity index (χ4v) is 3.32. The Hall–Kier alpha value is -0.790. The molecule has 0 amide bonds. The first-order valence-corrected chi connectivity index (χ1v) is 5.68. The molecule has 0 spiro atoms. The van der Waals surface area contributed by atoms with E-state index in [0.29, 0.717) is 0 Å². The number of hydrogen-bond acceptors (Lipinski definition) is 4. The van der Waals surface area contributed by atoms with Crippen molar-refractivity contribution in [1.29, 1.82) is 5.26 Å². The highest BCUT2D eigenvalue weighted by molar-refractivity contribution is 8.01. The van der Waals surface area contributed by atoms with Crippen LogP contribution in [0, 0.1) is 18.3 Å². The lowest BCUT2D eigenvalue weighted by Gasteiger charge is -2.14. The van der Waals surface area contributed by atoms with Gasteiger partial charge in [0.1, 0.15) is 10.3 Å². The van der Waals surface area contributed by atoms with Crippen LogP contribution in [0.15, 0.2) is 15.3 Å². The average Bonchev–Trinajstić information content (AvgIpc) is 2.46. The lowest BCUT2D eigenvalue weighted by Crippen LogP contribution is -2.13. The van der Waals surface area contributed by atoms with Crippen LogP contribution < -0.4 is 0 Å². The van der Waals surface area contributed by atoms with Crippen molar-refractivity contribution >= 4 is 33.8 Å². The molecule has 0 saturated carbocycles. The summed E-state index contributed by atoms with van der Waals surface area (Å²) in [6, 6.07) is 2.25. The van der Waals surface area contributed by atoms with Gasteiger partial charge >= 0.3 is 0 Å². The first kappa shape index (κ1) is 8.79. The van der Waals surface area contributed by atoms with Crippen LogP contribution in [0.25, 0.3) is 0 Å². The number of thiophene rings is 1. The standard InChI is InChI=1S/C9H8N2S2/c1-5-4-12-9-8(5)13-7(3-10)6(2)11-9/h4,7H,1-2H3. The zero-order chi connectivity index (χ0) is 9.42. The Labute approximate surface area is 85.3 Å². The summed E-state index contributed by atoms with van der Waals surface area (Å²) in [7, 11) is 0. The predicted molar refractivity (Wildman–Crippen MR) is 57.1 cm³/mol. The Morgan fingerprint density at radius 2 is 2.31 bits per heavy atom. The third-order valence-electron chi connectivity index (χ3n) is 1.91. The van der Waals surface area contributed by atoms with E-state index in [0.717, 1.165) is 10.7 Å². The number of hydrogen-bond donors (Lipinski definition) is 0. The first-order valence-electron chi connectivity index (χ1n) is 3.92. The number of aliphatic imine (C=N–C) groups is 1. The maximum absolute atomic E-state index is 8.87. The molecule has 1 aromatic rings. The molecule has 0 bridgehead atoms. The Morgan fingerprint density at radius 1 is 1.54 bits per heavy atom. The van der Waals surface area contributed by atoms with Gasteiger partial charge in [0, 0.05) is 10.6 Å². The summed E-state index contributed by atoms with van der Waals surface area (Å²) < 4.78 is 0. The van der Waals surface area contributed by atoms with Crippen LogP contribution in [-0.2, 0) is 0 Å². The van der Waals surface area contributed by atoms with Crippen molar-refractivity contribution < 1.29 is 0 Å². The second kappa shape index (κ2) is 3.17. The molecule has 0 radical (unpaired) electrons. The van der Waals surface area contributed by atoms with E-state index in [1.807, 2.05) is 6.92 Å². The number of nitrogens with zero attached hydrogens (tertiary/aromatic N) is 2. The van der Waals surface area contributed by atoms with Gasteiger partial charge in [0.25, 0.3) is 0 Å². The summed E-state index contributed by atoms with van der Waals surface area (Å²) >= 11 is 3.27. The molecule has 4 heteroatoms. The zero-order valence-electron chi connectivity index (χ0n) is 7.37. The summed E-state index contributed by atoms with van der Waals surface area (Å²) in [5.74, 6) is 0. The molecule has 1 aromatic heterocycles. The summed E-state index contributed by atoms with van der Waals surface area (Å²) in [4.78, 5) is 5.59. The number of nitriles is 1. The molecule has 2 rings (SSSR count). The second-order valence-electron chi connectivity index (χ2n) is 2.93. The van der Waals surface area contributed by atoms with Crippen molar-refractivity contribution in [1.82, 2.24) is 0 Å². The van der Waals surface area contributed by atoms with Crippen LogP contribution in [0.4, 0.5) is 5.00 Å². The van der Waals surface area contributed by atoms with Gasteiger partial charge in [-0.05, 0) is 24.8 Å². The maximum atomic E-state index is 8.87.